The first-order chi connectivity index (χ1) is 11.8. The molecule has 0 saturated carbocycles. The molecule has 0 aliphatic carbocycles. The fraction of sp³-hybridized carbons (Fsp3) is 0.368. The third kappa shape index (κ3) is 3.07. The van der Waals surface area contributed by atoms with E-state index in [1.54, 1.807) is 12.4 Å². The van der Waals surface area contributed by atoms with E-state index in [1.807, 2.05) is 47.4 Å². The van der Waals surface area contributed by atoms with Crippen LogP contribution in [0.2, 0.25) is 0 Å². The lowest BCUT2D eigenvalue weighted by Crippen LogP contribution is -2.50. The molecule has 2 aromatic rings. The second kappa shape index (κ2) is 6.51. The van der Waals surface area contributed by atoms with Crippen LogP contribution in [0, 0.1) is 0 Å². The first kappa shape index (κ1) is 15.0. The Kier molecular flexibility index (Phi) is 4.07. The van der Waals surface area contributed by atoms with E-state index in [0.29, 0.717) is 0 Å². The summed E-state index contributed by atoms with van der Waals surface area (Å²) in [6.45, 7) is 0. The molecule has 5 nitrogen and oxygen atoms in total. The third-order valence-electron chi connectivity index (χ3n) is 4.89. The molecule has 2 fully saturated rings. The van der Waals surface area contributed by atoms with E-state index < -0.39 is 0 Å². The van der Waals surface area contributed by atoms with Crippen LogP contribution in [0.3, 0.4) is 0 Å². The highest BCUT2D eigenvalue weighted by molar-refractivity contribution is 5.90. The average Bonchev–Trinajstić information content (AvgIpc) is 2.88. The standard InChI is InChI=1S/C19H21N3O2/c23-19(21-14-5-2-1-3-6-14)22-15-8-9-16(22)12-18(11-15)24-17-7-4-10-20-13-17/h1-7,10,13,15-16,18H,8-9,11-12H2,(H,21,23). The van der Waals surface area contributed by atoms with Crippen LogP contribution in [0.1, 0.15) is 25.7 Å². The van der Waals surface area contributed by atoms with Gasteiger partial charge in [0.25, 0.3) is 0 Å². The highest BCUT2D eigenvalue weighted by atomic mass is 16.5. The molecule has 2 amide bonds. The number of carbonyl (C=O) groups is 1. The number of amides is 2. The largest absolute Gasteiger partial charge is 0.489 e. The van der Waals surface area contributed by atoms with Gasteiger partial charge < -0.3 is 15.0 Å². The summed E-state index contributed by atoms with van der Waals surface area (Å²) in [7, 11) is 0. The minimum absolute atomic E-state index is 0.00790. The predicted molar refractivity (Wildman–Crippen MR) is 92.0 cm³/mol. The Morgan fingerprint density at radius 1 is 1.08 bits per heavy atom. The maximum absolute atomic E-state index is 12.7. The molecule has 0 spiro atoms. The molecule has 5 heteroatoms. The lowest BCUT2D eigenvalue weighted by molar-refractivity contribution is 0.0730. The van der Waals surface area contributed by atoms with Crippen LogP contribution in [0.25, 0.3) is 0 Å². The summed E-state index contributed by atoms with van der Waals surface area (Å²) in [5.74, 6) is 0.809. The van der Waals surface area contributed by atoms with Gasteiger partial charge in [-0.25, -0.2) is 4.79 Å². The number of nitrogens with one attached hydrogen (secondary N) is 1. The Morgan fingerprint density at radius 2 is 1.83 bits per heavy atom. The fourth-order valence-electron chi connectivity index (χ4n) is 3.87. The van der Waals surface area contributed by atoms with Crippen LogP contribution in [0.15, 0.2) is 54.9 Å². The highest BCUT2D eigenvalue weighted by Crippen LogP contribution is 2.37. The topological polar surface area (TPSA) is 54.5 Å². The zero-order valence-electron chi connectivity index (χ0n) is 13.5. The Labute approximate surface area is 141 Å². The number of aromatic nitrogens is 1. The molecule has 2 aliphatic heterocycles. The van der Waals surface area contributed by atoms with E-state index in [-0.39, 0.29) is 24.2 Å². The monoisotopic (exact) mass is 323 g/mol. The van der Waals surface area contributed by atoms with Crippen LogP contribution in [-0.2, 0) is 0 Å². The molecule has 4 rings (SSSR count). The molecule has 0 radical (unpaired) electrons. The molecule has 24 heavy (non-hydrogen) atoms. The molecule has 2 saturated heterocycles. The lowest BCUT2D eigenvalue weighted by Gasteiger charge is -2.38. The number of ether oxygens (including phenoxy) is 1. The molecule has 2 atom stereocenters. The maximum Gasteiger partial charge on any atom is 0.322 e. The van der Waals surface area contributed by atoms with E-state index in [4.69, 9.17) is 4.74 Å². The fourth-order valence-corrected chi connectivity index (χ4v) is 3.87. The van der Waals surface area contributed by atoms with Crippen molar-refractivity contribution in [2.75, 3.05) is 5.32 Å². The number of rotatable bonds is 3. The van der Waals surface area contributed by atoms with E-state index in [9.17, 15) is 4.79 Å². The van der Waals surface area contributed by atoms with E-state index in [0.717, 1.165) is 37.1 Å². The van der Waals surface area contributed by atoms with Gasteiger partial charge >= 0.3 is 6.03 Å². The Bertz CT molecular complexity index is 678. The predicted octanol–water partition coefficient (Wildman–Crippen LogP) is 3.69. The summed E-state index contributed by atoms with van der Waals surface area (Å²) < 4.78 is 6.06. The number of nitrogens with zero attached hydrogens (tertiary/aromatic N) is 2. The van der Waals surface area contributed by atoms with Crippen molar-refractivity contribution in [3.63, 3.8) is 0 Å². The maximum atomic E-state index is 12.7. The van der Waals surface area contributed by atoms with Crippen LogP contribution >= 0.6 is 0 Å². The third-order valence-corrected chi connectivity index (χ3v) is 4.89. The minimum atomic E-state index is 0.00790. The van der Waals surface area contributed by atoms with Gasteiger partial charge in [-0.3, -0.25) is 4.98 Å². The second-order valence-corrected chi connectivity index (χ2v) is 6.49. The Morgan fingerprint density at radius 3 is 2.50 bits per heavy atom. The molecule has 1 N–H and O–H groups in total. The summed E-state index contributed by atoms with van der Waals surface area (Å²) in [6, 6.07) is 14.0. The normalized spacial score (nSPS) is 25.3. The molecular weight excluding hydrogens is 302 g/mol. The number of carbonyl (C=O) groups excluding carboxylic acids is 1. The first-order valence-electron chi connectivity index (χ1n) is 8.50. The Hall–Kier alpha value is -2.56. The van der Waals surface area contributed by atoms with Crippen molar-refractivity contribution < 1.29 is 9.53 Å². The van der Waals surface area contributed by atoms with Crippen molar-refractivity contribution in [3.8, 4) is 5.75 Å². The van der Waals surface area contributed by atoms with Crippen molar-refractivity contribution in [1.82, 2.24) is 9.88 Å². The summed E-state index contributed by atoms with van der Waals surface area (Å²) in [5.41, 5.74) is 0.843. The van der Waals surface area contributed by atoms with E-state index in [1.165, 1.54) is 0 Å². The van der Waals surface area contributed by atoms with Gasteiger partial charge in [0.2, 0.25) is 0 Å². The summed E-state index contributed by atoms with van der Waals surface area (Å²) >= 11 is 0. The lowest BCUT2D eigenvalue weighted by atomic mass is 10.00. The number of para-hydroxylation sites is 1. The van der Waals surface area contributed by atoms with Gasteiger partial charge in [0, 0.05) is 36.8 Å². The smallest absolute Gasteiger partial charge is 0.322 e. The first-order valence-corrected chi connectivity index (χ1v) is 8.50. The SMILES string of the molecule is O=C(Nc1ccccc1)N1C2CCC1CC(Oc1cccnc1)C2. The zero-order valence-corrected chi connectivity index (χ0v) is 13.5. The van der Waals surface area contributed by atoms with Crippen LogP contribution in [0.5, 0.6) is 5.75 Å². The molecule has 2 bridgehead atoms. The highest BCUT2D eigenvalue weighted by Gasteiger charge is 2.44. The molecule has 1 aromatic heterocycles. The van der Waals surface area contributed by atoms with Crippen molar-refractivity contribution in [3.05, 3.63) is 54.9 Å². The number of hydrogen-bond acceptors (Lipinski definition) is 3. The average molecular weight is 323 g/mol. The second-order valence-electron chi connectivity index (χ2n) is 6.49. The molecule has 2 unspecified atom stereocenters. The zero-order chi connectivity index (χ0) is 16.4. The van der Waals surface area contributed by atoms with Crippen molar-refractivity contribution >= 4 is 11.7 Å². The number of urea groups is 1. The number of piperidine rings is 1. The van der Waals surface area contributed by atoms with Crippen molar-refractivity contribution in [2.24, 2.45) is 0 Å². The van der Waals surface area contributed by atoms with Crippen LogP contribution in [0.4, 0.5) is 10.5 Å². The summed E-state index contributed by atoms with van der Waals surface area (Å²) in [6.07, 6.45) is 7.53. The summed E-state index contributed by atoms with van der Waals surface area (Å²) in [5, 5.41) is 3.01. The number of pyridine rings is 1. The van der Waals surface area contributed by atoms with Crippen LogP contribution < -0.4 is 10.1 Å². The van der Waals surface area contributed by atoms with Crippen molar-refractivity contribution in [2.45, 2.75) is 43.9 Å². The van der Waals surface area contributed by atoms with E-state index >= 15 is 0 Å². The van der Waals surface area contributed by atoms with Gasteiger partial charge in [0.05, 0.1) is 6.20 Å². The number of fused-ring (bicyclic) bond motifs is 2. The van der Waals surface area contributed by atoms with Gasteiger partial charge in [-0.1, -0.05) is 18.2 Å². The molecule has 3 heterocycles. The van der Waals surface area contributed by atoms with Gasteiger partial charge in [-0.05, 0) is 37.1 Å². The molecule has 2 aliphatic rings. The molecule has 124 valence electrons. The van der Waals surface area contributed by atoms with Gasteiger partial charge in [0.1, 0.15) is 11.9 Å². The number of hydrogen-bond donors (Lipinski definition) is 1. The van der Waals surface area contributed by atoms with Gasteiger partial charge in [-0.15, -0.1) is 0 Å². The number of anilines is 1. The van der Waals surface area contributed by atoms with Gasteiger partial charge in [-0.2, -0.15) is 0 Å². The summed E-state index contributed by atoms with van der Waals surface area (Å²) in [4.78, 5) is 18.8. The molecular formula is C19H21N3O2. The number of benzene rings is 1. The Balaban J connectivity index is 1.40. The van der Waals surface area contributed by atoms with E-state index in [2.05, 4.69) is 10.3 Å². The van der Waals surface area contributed by atoms with Crippen LogP contribution in [-0.4, -0.2) is 34.1 Å². The molecule has 1 aromatic carbocycles. The van der Waals surface area contributed by atoms with Crippen molar-refractivity contribution in [1.29, 1.82) is 0 Å². The quantitative estimate of drug-likeness (QED) is 0.937. The van der Waals surface area contributed by atoms with Gasteiger partial charge in [0.15, 0.2) is 0 Å². The minimum Gasteiger partial charge on any atom is -0.489 e.